The van der Waals surface area contributed by atoms with E-state index in [9.17, 15) is 18.0 Å². The van der Waals surface area contributed by atoms with Crippen LogP contribution in [0, 0.1) is 5.41 Å². The number of amides is 1. The normalized spacial score (nSPS) is 15.1. The van der Waals surface area contributed by atoms with Crippen molar-refractivity contribution in [2.24, 2.45) is 5.41 Å². The van der Waals surface area contributed by atoms with E-state index in [1.54, 1.807) is 43.3 Å². The van der Waals surface area contributed by atoms with E-state index in [0.29, 0.717) is 34.2 Å². The Morgan fingerprint density at radius 1 is 1.12 bits per heavy atom. The smallest absolute Gasteiger partial charge is 0.264 e. The molecule has 7 nitrogen and oxygen atoms in total. The van der Waals surface area contributed by atoms with Gasteiger partial charge in [-0.25, -0.2) is 13.4 Å². The molecule has 172 valence electrons. The number of aromatic nitrogens is 1. The summed E-state index contributed by atoms with van der Waals surface area (Å²) in [7, 11) is -3.86. The van der Waals surface area contributed by atoms with E-state index in [4.69, 9.17) is 0 Å². The molecule has 1 aliphatic carbocycles. The summed E-state index contributed by atoms with van der Waals surface area (Å²) < 4.78 is 27.8. The second-order valence-electron chi connectivity index (χ2n) is 8.72. The summed E-state index contributed by atoms with van der Waals surface area (Å²) in [6.07, 6.45) is 1.12. The fraction of sp³-hybridized carbons (Fsp3) is 0.292. The summed E-state index contributed by atoms with van der Waals surface area (Å²) in [5.41, 5.74) is 1.29. The SMILES string of the molecule is CCN(c1ccccc1)S(=O)(=O)c1cccc(C(=O)Nc2nc3c(s2)C(=O)CC(C)(C)C3)c1. The Kier molecular flexibility index (Phi) is 6.11. The maximum atomic E-state index is 13.3. The van der Waals surface area contributed by atoms with Crippen molar-refractivity contribution in [3.63, 3.8) is 0 Å². The number of benzene rings is 2. The fourth-order valence-electron chi connectivity index (χ4n) is 3.95. The number of ketones is 1. The zero-order valence-corrected chi connectivity index (χ0v) is 20.3. The molecule has 1 N–H and O–H groups in total. The van der Waals surface area contributed by atoms with Gasteiger partial charge in [-0.05, 0) is 49.1 Å². The minimum absolute atomic E-state index is 0.0243. The zero-order valence-electron chi connectivity index (χ0n) is 18.7. The van der Waals surface area contributed by atoms with Crippen molar-refractivity contribution in [1.82, 2.24) is 4.98 Å². The minimum atomic E-state index is -3.86. The first-order chi connectivity index (χ1) is 15.6. The van der Waals surface area contributed by atoms with Crippen molar-refractivity contribution in [3.8, 4) is 0 Å². The number of nitrogens with one attached hydrogen (secondary N) is 1. The molecule has 1 aromatic heterocycles. The molecule has 9 heteroatoms. The van der Waals surface area contributed by atoms with Crippen LogP contribution in [0.1, 0.15) is 52.9 Å². The molecule has 0 unspecified atom stereocenters. The van der Waals surface area contributed by atoms with Gasteiger partial charge in [0, 0.05) is 18.5 Å². The van der Waals surface area contributed by atoms with E-state index in [2.05, 4.69) is 10.3 Å². The number of anilines is 2. The highest BCUT2D eigenvalue weighted by atomic mass is 32.2. The minimum Gasteiger partial charge on any atom is -0.298 e. The molecule has 0 radical (unpaired) electrons. The summed E-state index contributed by atoms with van der Waals surface area (Å²) in [5, 5.41) is 3.06. The van der Waals surface area contributed by atoms with Gasteiger partial charge in [0.05, 0.1) is 21.2 Å². The average Bonchev–Trinajstić information content (AvgIpc) is 3.16. The number of hydrogen-bond acceptors (Lipinski definition) is 6. The molecule has 2 aromatic carbocycles. The van der Waals surface area contributed by atoms with Crippen LogP contribution in [0.5, 0.6) is 0 Å². The first-order valence-corrected chi connectivity index (χ1v) is 12.9. The maximum Gasteiger partial charge on any atom is 0.264 e. The number of rotatable bonds is 6. The van der Waals surface area contributed by atoms with Gasteiger partial charge in [0.15, 0.2) is 10.9 Å². The number of thiazole rings is 1. The van der Waals surface area contributed by atoms with Crippen molar-refractivity contribution in [2.75, 3.05) is 16.2 Å². The van der Waals surface area contributed by atoms with Gasteiger partial charge in [0.1, 0.15) is 0 Å². The Labute approximate surface area is 197 Å². The lowest BCUT2D eigenvalue weighted by Gasteiger charge is -2.26. The van der Waals surface area contributed by atoms with E-state index in [1.165, 1.54) is 16.4 Å². The summed E-state index contributed by atoms with van der Waals surface area (Å²) in [5.74, 6) is -0.444. The van der Waals surface area contributed by atoms with Crippen LogP contribution in [0.3, 0.4) is 0 Å². The zero-order chi connectivity index (χ0) is 23.8. The molecule has 4 rings (SSSR count). The molecule has 0 saturated heterocycles. The quantitative estimate of drug-likeness (QED) is 0.545. The second kappa shape index (κ2) is 8.72. The third-order valence-electron chi connectivity index (χ3n) is 5.47. The predicted octanol–water partition coefficient (Wildman–Crippen LogP) is 4.77. The van der Waals surface area contributed by atoms with Gasteiger partial charge in [0.2, 0.25) is 0 Å². The number of Topliss-reactive ketones (excluding diaryl/α,β-unsaturated/α-hetero) is 1. The first kappa shape index (κ1) is 23.1. The monoisotopic (exact) mass is 483 g/mol. The van der Waals surface area contributed by atoms with Crippen LogP contribution in [-0.2, 0) is 16.4 Å². The fourth-order valence-corrected chi connectivity index (χ4v) is 6.39. The van der Waals surface area contributed by atoms with Crippen molar-refractivity contribution in [3.05, 3.63) is 70.7 Å². The highest BCUT2D eigenvalue weighted by Crippen LogP contribution is 2.38. The average molecular weight is 484 g/mol. The molecule has 0 atom stereocenters. The topological polar surface area (TPSA) is 96.4 Å². The number of nitrogens with zero attached hydrogens (tertiary/aromatic N) is 2. The number of carbonyl (C=O) groups excluding carboxylic acids is 2. The van der Waals surface area contributed by atoms with Crippen molar-refractivity contribution in [1.29, 1.82) is 0 Å². The Balaban J connectivity index is 1.58. The summed E-state index contributed by atoms with van der Waals surface area (Å²) in [4.78, 5) is 30.4. The standard InChI is InChI=1S/C24H25N3O4S2/c1-4-27(17-10-6-5-7-11-17)33(30,31)18-12-8-9-16(13-18)22(29)26-23-25-19-14-24(2,3)15-20(28)21(19)32-23/h5-13H,4,14-15H2,1-3H3,(H,25,26,29). The Bertz CT molecular complexity index is 1310. The molecule has 0 fully saturated rings. The molecular weight excluding hydrogens is 458 g/mol. The van der Waals surface area contributed by atoms with Crippen LogP contribution in [0.4, 0.5) is 10.8 Å². The summed E-state index contributed by atoms with van der Waals surface area (Å²) in [6, 6.07) is 14.7. The van der Waals surface area contributed by atoms with Gasteiger partial charge in [-0.1, -0.05) is 49.4 Å². The number of para-hydroxylation sites is 1. The lowest BCUT2D eigenvalue weighted by atomic mass is 9.78. The third-order valence-corrected chi connectivity index (χ3v) is 8.42. The van der Waals surface area contributed by atoms with Crippen molar-refractivity contribution < 1.29 is 18.0 Å². The van der Waals surface area contributed by atoms with Crippen molar-refractivity contribution in [2.45, 2.75) is 38.5 Å². The van der Waals surface area contributed by atoms with Crippen LogP contribution >= 0.6 is 11.3 Å². The summed E-state index contributed by atoms with van der Waals surface area (Å²) >= 11 is 1.16. The van der Waals surface area contributed by atoms with E-state index in [-0.39, 0.29) is 28.2 Å². The van der Waals surface area contributed by atoms with Gasteiger partial charge in [0.25, 0.3) is 15.9 Å². The largest absolute Gasteiger partial charge is 0.298 e. The van der Waals surface area contributed by atoms with Gasteiger partial charge in [-0.15, -0.1) is 0 Å². The Morgan fingerprint density at radius 3 is 2.55 bits per heavy atom. The van der Waals surface area contributed by atoms with Gasteiger partial charge >= 0.3 is 0 Å². The molecular formula is C24H25N3O4S2. The molecule has 1 amide bonds. The Morgan fingerprint density at radius 2 is 1.85 bits per heavy atom. The van der Waals surface area contributed by atoms with E-state index in [1.807, 2.05) is 19.9 Å². The number of sulfonamides is 1. The van der Waals surface area contributed by atoms with Gasteiger partial charge < -0.3 is 0 Å². The van der Waals surface area contributed by atoms with E-state index in [0.717, 1.165) is 11.3 Å². The number of carbonyl (C=O) groups is 2. The molecule has 0 bridgehead atoms. The predicted molar refractivity (Wildman–Crippen MR) is 130 cm³/mol. The second-order valence-corrected chi connectivity index (χ2v) is 11.6. The summed E-state index contributed by atoms with van der Waals surface area (Å²) in [6.45, 7) is 6.05. The Hall–Kier alpha value is -3.04. The maximum absolute atomic E-state index is 13.3. The molecule has 1 aliphatic rings. The highest BCUT2D eigenvalue weighted by Gasteiger charge is 2.34. The van der Waals surface area contributed by atoms with Crippen LogP contribution in [-0.4, -0.2) is 31.6 Å². The van der Waals surface area contributed by atoms with E-state index >= 15 is 0 Å². The number of fused-ring (bicyclic) bond motifs is 1. The van der Waals surface area contributed by atoms with Crippen LogP contribution in [0.25, 0.3) is 0 Å². The van der Waals surface area contributed by atoms with Crippen LogP contribution in [0.15, 0.2) is 59.5 Å². The lowest BCUT2D eigenvalue weighted by Crippen LogP contribution is -2.30. The van der Waals surface area contributed by atoms with Gasteiger partial charge in [-0.3, -0.25) is 19.2 Å². The molecule has 33 heavy (non-hydrogen) atoms. The third kappa shape index (κ3) is 4.69. The molecule has 3 aromatic rings. The van der Waals surface area contributed by atoms with E-state index < -0.39 is 15.9 Å². The molecule has 0 aliphatic heterocycles. The first-order valence-electron chi connectivity index (χ1n) is 10.6. The van der Waals surface area contributed by atoms with Crippen LogP contribution in [0.2, 0.25) is 0 Å². The molecule has 0 spiro atoms. The van der Waals surface area contributed by atoms with Gasteiger partial charge in [-0.2, -0.15) is 0 Å². The lowest BCUT2D eigenvalue weighted by molar-refractivity contribution is 0.0915. The highest BCUT2D eigenvalue weighted by molar-refractivity contribution is 7.92. The van der Waals surface area contributed by atoms with Crippen molar-refractivity contribution >= 4 is 43.9 Å². The van der Waals surface area contributed by atoms with Crippen LogP contribution < -0.4 is 9.62 Å². The molecule has 1 heterocycles. The molecule has 0 saturated carbocycles. The number of hydrogen-bond donors (Lipinski definition) is 1.